The van der Waals surface area contributed by atoms with E-state index >= 15 is 0 Å². The van der Waals surface area contributed by atoms with Gasteiger partial charge < -0.3 is 15.5 Å². The van der Waals surface area contributed by atoms with Crippen molar-refractivity contribution in [2.24, 2.45) is 11.8 Å². The highest BCUT2D eigenvalue weighted by atomic mass is 32.2. The fraction of sp³-hybridized carbons (Fsp3) is 0.556. The molecular weight excluding hydrogens is 322 g/mol. The molecule has 3 rings (SSSR count). The summed E-state index contributed by atoms with van der Waals surface area (Å²) in [6.07, 6.45) is 0.434. The number of rotatable bonds is 5. The highest BCUT2D eigenvalue weighted by Gasteiger charge is 2.28. The summed E-state index contributed by atoms with van der Waals surface area (Å²) >= 11 is 1.90. The van der Waals surface area contributed by atoms with Crippen LogP contribution >= 0.6 is 11.8 Å². The van der Waals surface area contributed by atoms with Gasteiger partial charge in [0.25, 0.3) is 0 Å². The van der Waals surface area contributed by atoms with E-state index in [2.05, 4.69) is 10.6 Å². The lowest BCUT2D eigenvalue weighted by Gasteiger charge is -2.31. The molecule has 24 heavy (non-hydrogen) atoms. The lowest BCUT2D eigenvalue weighted by Crippen LogP contribution is -2.48. The van der Waals surface area contributed by atoms with Crippen LogP contribution in [0.3, 0.4) is 0 Å². The van der Waals surface area contributed by atoms with Gasteiger partial charge in [0.05, 0.1) is 6.42 Å². The van der Waals surface area contributed by atoms with Gasteiger partial charge in [-0.15, -0.1) is 0 Å². The Morgan fingerprint density at radius 2 is 1.92 bits per heavy atom. The zero-order valence-electron chi connectivity index (χ0n) is 14.1. The number of nitrogens with one attached hydrogen (secondary N) is 2. The highest BCUT2D eigenvalue weighted by molar-refractivity contribution is 7.99. The summed E-state index contributed by atoms with van der Waals surface area (Å²) in [5.41, 5.74) is 1.79. The Bertz CT molecular complexity index is 545. The number of benzene rings is 1. The number of anilines is 1. The van der Waals surface area contributed by atoms with E-state index in [1.54, 1.807) is 0 Å². The van der Waals surface area contributed by atoms with Crippen molar-refractivity contribution in [2.45, 2.75) is 13.3 Å². The molecule has 130 valence electrons. The second-order valence-electron chi connectivity index (χ2n) is 6.56. The molecule has 5 nitrogen and oxygen atoms in total. The summed E-state index contributed by atoms with van der Waals surface area (Å²) in [5.74, 6) is 2.78. The van der Waals surface area contributed by atoms with Gasteiger partial charge in [0.2, 0.25) is 11.8 Å². The number of carbonyl (C=O) groups is 2. The van der Waals surface area contributed by atoms with E-state index < -0.39 is 0 Å². The summed E-state index contributed by atoms with van der Waals surface area (Å²) in [5, 5.41) is 6.17. The molecule has 2 aliphatic rings. The van der Waals surface area contributed by atoms with Crippen LogP contribution in [0.25, 0.3) is 0 Å². The Morgan fingerprint density at radius 3 is 2.50 bits per heavy atom. The lowest BCUT2D eigenvalue weighted by atomic mass is 9.88. The largest absolute Gasteiger partial charge is 0.341 e. The molecule has 1 atom stereocenters. The average Bonchev–Trinajstić information content (AvgIpc) is 2.55. The molecule has 1 unspecified atom stereocenters. The minimum atomic E-state index is 0.0180. The number of nitrogens with zero attached hydrogens (tertiary/aromatic N) is 1. The van der Waals surface area contributed by atoms with Crippen LogP contribution in [-0.4, -0.2) is 54.4 Å². The Morgan fingerprint density at radius 1 is 1.25 bits per heavy atom. The number of thioether (sulfide) groups is 1. The number of carbonyl (C=O) groups excluding carboxylic acids is 2. The fourth-order valence-corrected chi connectivity index (χ4v) is 3.84. The van der Waals surface area contributed by atoms with Crippen molar-refractivity contribution in [3.63, 3.8) is 0 Å². The molecule has 6 heteroatoms. The lowest BCUT2D eigenvalue weighted by molar-refractivity contribution is -0.130. The van der Waals surface area contributed by atoms with Crippen LogP contribution in [0.5, 0.6) is 0 Å². The number of hydrogen-bond donors (Lipinski definition) is 2. The van der Waals surface area contributed by atoms with Crippen LogP contribution in [0.4, 0.5) is 5.69 Å². The van der Waals surface area contributed by atoms with Crippen molar-refractivity contribution >= 4 is 29.3 Å². The highest BCUT2D eigenvalue weighted by Crippen LogP contribution is 2.19. The summed E-state index contributed by atoms with van der Waals surface area (Å²) in [6.45, 7) is 5.52. The van der Waals surface area contributed by atoms with E-state index in [0.717, 1.165) is 48.9 Å². The van der Waals surface area contributed by atoms with Crippen LogP contribution in [-0.2, 0) is 16.0 Å². The maximum Gasteiger partial charge on any atom is 0.227 e. The van der Waals surface area contributed by atoms with Gasteiger partial charge in [-0.3, -0.25) is 9.59 Å². The van der Waals surface area contributed by atoms with E-state index in [1.165, 1.54) is 0 Å². The second kappa shape index (κ2) is 8.03. The molecule has 0 saturated carbocycles. The van der Waals surface area contributed by atoms with Crippen molar-refractivity contribution in [3.05, 3.63) is 29.8 Å². The Kier molecular flexibility index (Phi) is 5.79. The van der Waals surface area contributed by atoms with Crippen molar-refractivity contribution in [1.82, 2.24) is 10.2 Å². The van der Waals surface area contributed by atoms with Crippen molar-refractivity contribution < 1.29 is 9.59 Å². The predicted octanol–water partition coefficient (Wildman–Crippen LogP) is 1.60. The maximum atomic E-state index is 12.3. The zero-order chi connectivity index (χ0) is 16.9. The van der Waals surface area contributed by atoms with Crippen LogP contribution < -0.4 is 10.6 Å². The third-order valence-electron chi connectivity index (χ3n) is 4.87. The van der Waals surface area contributed by atoms with Gasteiger partial charge in [0, 0.05) is 36.2 Å². The molecule has 0 bridgehead atoms. The zero-order valence-corrected chi connectivity index (χ0v) is 14.9. The molecule has 0 aliphatic carbocycles. The normalized spacial score (nSPS) is 19.5. The van der Waals surface area contributed by atoms with Gasteiger partial charge >= 0.3 is 0 Å². The van der Waals surface area contributed by atoms with Gasteiger partial charge in [-0.2, -0.15) is 11.8 Å². The molecule has 2 fully saturated rings. The molecule has 0 aromatic heterocycles. The quantitative estimate of drug-likeness (QED) is 0.849. The molecule has 2 heterocycles. The summed E-state index contributed by atoms with van der Waals surface area (Å²) in [6, 6.07) is 7.64. The molecule has 1 aromatic carbocycles. The molecule has 0 radical (unpaired) electrons. The average molecular weight is 347 g/mol. The first-order valence-corrected chi connectivity index (χ1v) is 9.75. The first-order valence-electron chi connectivity index (χ1n) is 8.59. The van der Waals surface area contributed by atoms with Crippen LogP contribution in [0.15, 0.2) is 24.3 Å². The van der Waals surface area contributed by atoms with E-state index in [4.69, 9.17) is 0 Å². The first kappa shape index (κ1) is 17.3. The van der Waals surface area contributed by atoms with Gasteiger partial charge in [0.15, 0.2) is 0 Å². The third kappa shape index (κ3) is 4.30. The number of hydrogen-bond acceptors (Lipinski definition) is 4. The summed E-state index contributed by atoms with van der Waals surface area (Å²) < 4.78 is 0. The SMILES string of the molecule is CC(C(=O)Nc1ccc(CC(=O)N2CCSCC2)cc1)C1CNC1. The Labute approximate surface area is 147 Å². The van der Waals surface area contributed by atoms with Gasteiger partial charge in [-0.05, 0) is 36.7 Å². The van der Waals surface area contributed by atoms with E-state index in [1.807, 2.05) is 47.9 Å². The van der Waals surface area contributed by atoms with E-state index in [0.29, 0.717) is 12.3 Å². The topological polar surface area (TPSA) is 61.4 Å². The number of amides is 2. The molecule has 0 spiro atoms. The molecular formula is C18H25N3O2S. The van der Waals surface area contributed by atoms with Gasteiger partial charge in [0.1, 0.15) is 0 Å². The minimum absolute atomic E-state index is 0.0180. The Hall–Kier alpha value is -1.53. The molecule has 2 aliphatic heterocycles. The van der Waals surface area contributed by atoms with Crippen LogP contribution in [0, 0.1) is 11.8 Å². The van der Waals surface area contributed by atoms with Gasteiger partial charge in [-0.1, -0.05) is 19.1 Å². The van der Waals surface area contributed by atoms with Crippen molar-refractivity contribution in [1.29, 1.82) is 0 Å². The molecule has 2 amide bonds. The Balaban J connectivity index is 1.51. The van der Waals surface area contributed by atoms with Crippen molar-refractivity contribution in [2.75, 3.05) is 43.0 Å². The summed E-state index contributed by atoms with van der Waals surface area (Å²) in [7, 11) is 0. The monoisotopic (exact) mass is 347 g/mol. The second-order valence-corrected chi connectivity index (χ2v) is 7.79. The molecule has 1 aromatic rings. The fourth-order valence-electron chi connectivity index (χ4n) is 2.94. The predicted molar refractivity (Wildman–Crippen MR) is 98.2 cm³/mol. The first-order chi connectivity index (χ1) is 11.6. The van der Waals surface area contributed by atoms with Gasteiger partial charge in [-0.25, -0.2) is 0 Å². The molecule has 2 saturated heterocycles. The van der Waals surface area contributed by atoms with E-state index in [-0.39, 0.29) is 17.7 Å². The van der Waals surface area contributed by atoms with Crippen LogP contribution in [0.2, 0.25) is 0 Å². The van der Waals surface area contributed by atoms with Crippen molar-refractivity contribution in [3.8, 4) is 0 Å². The van der Waals surface area contributed by atoms with E-state index in [9.17, 15) is 9.59 Å². The molecule has 2 N–H and O–H groups in total. The summed E-state index contributed by atoms with van der Waals surface area (Å²) in [4.78, 5) is 26.4. The van der Waals surface area contributed by atoms with Crippen LogP contribution in [0.1, 0.15) is 12.5 Å². The third-order valence-corrected chi connectivity index (χ3v) is 5.82. The maximum absolute atomic E-state index is 12.3. The smallest absolute Gasteiger partial charge is 0.227 e. The standard InChI is InChI=1S/C18H25N3O2S/c1-13(15-11-19-12-15)18(23)20-16-4-2-14(3-5-16)10-17(22)21-6-8-24-9-7-21/h2-5,13,15,19H,6-12H2,1H3,(H,20,23). The minimum Gasteiger partial charge on any atom is -0.341 e.